The molecule has 0 bridgehead atoms. The van der Waals surface area contributed by atoms with Crippen molar-refractivity contribution in [2.75, 3.05) is 19.6 Å². The third-order valence-electron chi connectivity index (χ3n) is 2.11. The predicted octanol–water partition coefficient (Wildman–Crippen LogP) is 0.667. The zero-order valence-corrected chi connectivity index (χ0v) is 6.42. The topological polar surface area (TPSA) is 23.5 Å². The lowest BCUT2D eigenvalue weighted by molar-refractivity contribution is 0.156. The Labute approximate surface area is 62.8 Å². The Kier molecular flexibility index (Phi) is 3.16. The molecule has 0 aliphatic carbocycles. The lowest BCUT2D eigenvalue weighted by atomic mass is 10.2. The molecule has 1 aliphatic heterocycles. The van der Waals surface area contributed by atoms with E-state index in [4.69, 9.17) is 0 Å². The molecule has 1 radical (unpaired) electrons. The molecule has 0 aromatic carbocycles. The lowest BCUT2D eigenvalue weighted by Gasteiger charge is -2.16. The molecule has 0 aromatic rings. The maximum absolute atomic E-state index is 9.26. The third kappa shape index (κ3) is 2.27. The van der Waals surface area contributed by atoms with Gasteiger partial charge in [0.15, 0.2) is 0 Å². The molecule has 0 spiro atoms. The van der Waals surface area contributed by atoms with Gasteiger partial charge in [-0.15, -0.1) is 0 Å². The molecule has 2 heteroatoms. The second kappa shape index (κ2) is 3.94. The van der Waals surface area contributed by atoms with Crippen LogP contribution in [-0.4, -0.2) is 35.7 Å². The van der Waals surface area contributed by atoms with Crippen molar-refractivity contribution in [1.29, 1.82) is 0 Å². The van der Waals surface area contributed by atoms with Gasteiger partial charge in [0.2, 0.25) is 0 Å². The first-order valence-corrected chi connectivity index (χ1v) is 4.02. The van der Waals surface area contributed by atoms with Crippen LogP contribution in [-0.2, 0) is 0 Å². The molecule has 1 saturated heterocycles. The predicted molar refractivity (Wildman–Crippen MR) is 41.7 cm³/mol. The maximum atomic E-state index is 9.26. The molecule has 59 valence electrons. The summed E-state index contributed by atoms with van der Waals surface area (Å²) in [5.74, 6) is 0. The van der Waals surface area contributed by atoms with E-state index in [0.717, 1.165) is 38.9 Å². The van der Waals surface area contributed by atoms with Gasteiger partial charge in [-0.3, -0.25) is 0 Å². The summed E-state index contributed by atoms with van der Waals surface area (Å²) < 4.78 is 0. The summed E-state index contributed by atoms with van der Waals surface area (Å²) in [4.78, 5) is 2.29. The van der Waals surface area contributed by atoms with Crippen LogP contribution < -0.4 is 0 Å². The number of hydrogen-bond donors (Lipinski definition) is 1. The van der Waals surface area contributed by atoms with Crippen molar-refractivity contribution in [2.24, 2.45) is 0 Å². The van der Waals surface area contributed by atoms with E-state index in [1.807, 2.05) is 0 Å². The Morgan fingerprint density at radius 2 is 2.20 bits per heavy atom. The van der Waals surface area contributed by atoms with Crippen LogP contribution in [0.1, 0.15) is 19.3 Å². The summed E-state index contributed by atoms with van der Waals surface area (Å²) in [6.07, 6.45) is 2.96. The first kappa shape index (κ1) is 8.02. The monoisotopic (exact) mass is 142 g/mol. The van der Waals surface area contributed by atoms with Crippen LogP contribution in [0, 0.1) is 6.92 Å². The SMILES string of the molecule is [CH2]CN1CCCC(O)CC1. The summed E-state index contributed by atoms with van der Waals surface area (Å²) in [7, 11) is 0. The third-order valence-corrected chi connectivity index (χ3v) is 2.11. The zero-order valence-electron chi connectivity index (χ0n) is 6.42. The molecule has 0 amide bonds. The molecule has 1 atom stereocenters. The molecule has 1 aliphatic rings. The maximum Gasteiger partial charge on any atom is 0.0553 e. The van der Waals surface area contributed by atoms with Crippen molar-refractivity contribution in [3.05, 3.63) is 6.92 Å². The van der Waals surface area contributed by atoms with Crippen molar-refractivity contribution in [2.45, 2.75) is 25.4 Å². The van der Waals surface area contributed by atoms with Crippen LogP contribution in [0.25, 0.3) is 0 Å². The van der Waals surface area contributed by atoms with Crippen LogP contribution in [0.2, 0.25) is 0 Å². The van der Waals surface area contributed by atoms with E-state index in [2.05, 4.69) is 11.8 Å². The highest BCUT2D eigenvalue weighted by Gasteiger charge is 2.12. The first-order valence-electron chi connectivity index (χ1n) is 4.02. The van der Waals surface area contributed by atoms with Crippen molar-refractivity contribution in [3.63, 3.8) is 0 Å². The van der Waals surface area contributed by atoms with Gasteiger partial charge < -0.3 is 10.0 Å². The molecule has 1 rings (SSSR count). The molecule has 2 nitrogen and oxygen atoms in total. The lowest BCUT2D eigenvalue weighted by Crippen LogP contribution is -2.24. The van der Waals surface area contributed by atoms with Crippen molar-refractivity contribution >= 4 is 0 Å². The fourth-order valence-electron chi connectivity index (χ4n) is 1.36. The first-order chi connectivity index (χ1) is 4.83. The summed E-state index contributed by atoms with van der Waals surface area (Å²) in [5.41, 5.74) is 0. The molecule has 1 N–H and O–H groups in total. The van der Waals surface area contributed by atoms with Crippen molar-refractivity contribution in [1.82, 2.24) is 4.90 Å². The minimum atomic E-state index is -0.0588. The van der Waals surface area contributed by atoms with E-state index >= 15 is 0 Å². The molecule has 0 saturated carbocycles. The quantitative estimate of drug-likeness (QED) is 0.581. The second-order valence-electron chi connectivity index (χ2n) is 2.93. The molecule has 1 heterocycles. The second-order valence-corrected chi connectivity index (χ2v) is 2.93. The summed E-state index contributed by atoms with van der Waals surface area (Å²) in [6, 6.07) is 0. The van der Waals surface area contributed by atoms with Gasteiger partial charge in [0.1, 0.15) is 0 Å². The van der Waals surface area contributed by atoms with Crippen LogP contribution in [0.3, 0.4) is 0 Å². The van der Waals surface area contributed by atoms with Crippen LogP contribution in [0.5, 0.6) is 0 Å². The Hall–Kier alpha value is -0.0800. The average molecular weight is 142 g/mol. The Bertz CT molecular complexity index is 95.3. The molecular formula is C8H16NO. The molecule has 0 aromatic heterocycles. The summed E-state index contributed by atoms with van der Waals surface area (Å²) >= 11 is 0. The summed E-state index contributed by atoms with van der Waals surface area (Å²) in [6.45, 7) is 6.83. The zero-order chi connectivity index (χ0) is 7.40. The van der Waals surface area contributed by atoms with Crippen molar-refractivity contribution in [3.8, 4) is 0 Å². The van der Waals surface area contributed by atoms with Crippen LogP contribution in [0.4, 0.5) is 0 Å². The smallest absolute Gasteiger partial charge is 0.0553 e. The number of nitrogens with zero attached hydrogens (tertiary/aromatic N) is 1. The van der Waals surface area contributed by atoms with E-state index in [9.17, 15) is 5.11 Å². The number of aliphatic hydroxyl groups excluding tert-OH is 1. The Balaban J connectivity index is 2.26. The number of aliphatic hydroxyl groups is 1. The van der Waals surface area contributed by atoms with Gasteiger partial charge in [-0.25, -0.2) is 0 Å². The van der Waals surface area contributed by atoms with Crippen LogP contribution in [0.15, 0.2) is 0 Å². The molecule has 1 fully saturated rings. The van der Waals surface area contributed by atoms with Gasteiger partial charge in [-0.2, -0.15) is 0 Å². The van der Waals surface area contributed by atoms with E-state index in [-0.39, 0.29) is 6.10 Å². The normalized spacial score (nSPS) is 30.0. The van der Waals surface area contributed by atoms with E-state index < -0.39 is 0 Å². The Morgan fingerprint density at radius 3 is 2.90 bits per heavy atom. The van der Waals surface area contributed by atoms with Gasteiger partial charge in [-0.1, -0.05) is 0 Å². The van der Waals surface area contributed by atoms with Crippen LogP contribution >= 0.6 is 0 Å². The number of likely N-dealkylation sites (tertiary alicyclic amines) is 1. The van der Waals surface area contributed by atoms with Gasteiger partial charge >= 0.3 is 0 Å². The summed E-state index contributed by atoms with van der Waals surface area (Å²) in [5, 5.41) is 9.26. The Morgan fingerprint density at radius 1 is 1.40 bits per heavy atom. The van der Waals surface area contributed by atoms with Gasteiger partial charge in [0.25, 0.3) is 0 Å². The fraction of sp³-hybridized carbons (Fsp3) is 0.875. The number of rotatable bonds is 1. The highest BCUT2D eigenvalue weighted by Crippen LogP contribution is 2.09. The van der Waals surface area contributed by atoms with Gasteiger partial charge in [0, 0.05) is 6.54 Å². The standard InChI is InChI=1S/C8H16NO/c1-2-9-6-3-4-8(10)5-7-9/h8,10H,1-7H2. The molecule has 1 unspecified atom stereocenters. The molecule has 10 heavy (non-hydrogen) atoms. The highest BCUT2D eigenvalue weighted by atomic mass is 16.3. The minimum absolute atomic E-state index is 0.0588. The minimum Gasteiger partial charge on any atom is -0.393 e. The largest absolute Gasteiger partial charge is 0.393 e. The van der Waals surface area contributed by atoms with Gasteiger partial charge in [-0.05, 0) is 39.3 Å². The average Bonchev–Trinajstić information content (AvgIpc) is 2.14. The van der Waals surface area contributed by atoms with Gasteiger partial charge in [0.05, 0.1) is 6.10 Å². The fourth-order valence-corrected chi connectivity index (χ4v) is 1.36. The van der Waals surface area contributed by atoms with E-state index in [0.29, 0.717) is 0 Å². The van der Waals surface area contributed by atoms with E-state index in [1.54, 1.807) is 0 Å². The van der Waals surface area contributed by atoms with E-state index in [1.165, 1.54) is 0 Å². The van der Waals surface area contributed by atoms with Crippen molar-refractivity contribution < 1.29 is 5.11 Å². The highest BCUT2D eigenvalue weighted by molar-refractivity contribution is 4.68. The number of hydrogen-bond acceptors (Lipinski definition) is 2. The molecular weight excluding hydrogens is 126 g/mol.